The minimum absolute atomic E-state index is 0.0299. The second kappa shape index (κ2) is 9.35. The first-order valence-corrected chi connectivity index (χ1v) is 10.8. The number of fused-ring (bicyclic) bond motifs is 1. The smallest absolute Gasteiger partial charge is 0.172 e. The number of piperazine rings is 1. The SMILES string of the molecule is CC(CO)Nc1nc2ccccc2nc1N1CCN(Cc2cc(Cl)ccc2Cl)CC1. The van der Waals surface area contributed by atoms with Crippen LogP contribution in [0.1, 0.15) is 12.5 Å². The highest BCUT2D eigenvalue weighted by molar-refractivity contribution is 6.33. The molecule has 0 radical (unpaired) electrons. The van der Waals surface area contributed by atoms with E-state index in [2.05, 4.69) is 15.1 Å². The molecule has 1 aromatic heterocycles. The fourth-order valence-corrected chi connectivity index (χ4v) is 3.98. The van der Waals surface area contributed by atoms with Crippen molar-refractivity contribution in [2.24, 2.45) is 0 Å². The highest BCUT2D eigenvalue weighted by atomic mass is 35.5. The third-order valence-corrected chi connectivity index (χ3v) is 5.89. The Balaban J connectivity index is 1.52. The first-order valence-electron chi connectivity index (χ1n) is 10.1. The van der Waals surface area contributed by atoms with Crippen LogP contribution in [0.5, 0.6) is 0 Å². The number of para-hydroxylation sites is 2. The van der Waals surface area contributed by atoms with Crippen LogP contribution in [0.3, 0.4) is 0 Å². The van der Waals surface area contributed by atoms with Crippen molar-refractivity contribution in [3.05, 3.63) is 58.1 Å². The number of hydrogen-bond donors (Lipinski definition) is 2. The lowest BCUT2D eigenvalue weighted by Crippen LogP contribution is -2.46. The number of aromatic nitrogens is 2. The normalized spacial score (nSPS) is 16.1. The largest absolute Gasteiger partial charge is 0.394 e. The quantitative estimate of drug-likeness (QED) is 0.596. The Morgan fingerprint density at radius 1 is 1.03 bits per heavy atom. The van der Waals surface area contributed by atoms with Gasteiger partial charge in [0.2, 0.25) is 0 Å². The van der Waals surface area contributed by atoms with Gasteiger partial charge in [-0.05, 0) is 42.8 Å². The van der Waals surface area contributed by atoms with Gasteiger partial charge in [-0.3, -0.25) is 4.90 Å². The zero-order valence-electron chi connectivity index (χ0n) is 16.9. The van der Waals surface area contributed by atoms with Crippen LogP contribution >= 0.6 is 23.2 Å². The number of nitrogens with zero attached hydrogens (tertiary/aromatic N) is 4. The van der Waals surface area contributed by atoms with E-state index in [0.29, 0.717) is 10.8 Å². The number of aliphatic hydroxyl groups excluding tert-OH is 1. The van der Waals surface area contributed by atoms with Crippen LogP contribution in [0.4, 0.5) is 11.6 Å². The van der Waals surface area contributed by atoms with Gasteiger partial charge in [-0.1, -0.05) is 35.3 Å². The average Bonchev–Trinajstić information content (AvgIpc) is 2.76. The molecule has 0 spiro atoms. The molecule has 158 valence electrons. The van der Waals surface area contributed by atoms with Crippen LogP contribution < -0.4 is 10.2 Å². The third kappa shape index (κ3) is 4.78. The number of benzene rings is 2. The van der Waals surface area contributed by atoms with E-state index >= 15 is 0 Å². The van der Waals surface area contributed by atoms with Crippen LogP contribution in [0.15, 0.2) is 42.5 Å². The van der Waals surface area contributed by atoms with Gasteiger partial charge in [0.1, 0.15) is 0 Å². The number of hydrogen-bond acceptors (Lipinski definition) is 6. The van der Waals surface area contributed by atoms with Gasteiger partial charge in [0.15, 0.2) is 11.6 Å². The molecule has 1 aliphatic rings. The fourth-order valence-electron chi connectivity index (χ4n) is 3.61. The fraction of sp³-hybridized carbons (Fsp3) is 0.364. The molecular weight excluding hydrogens is 421 g/mol. The van der Waals surface area contributed by atoms with Crippen molar-refractivity contribution < 1.29 is 5.11 Å². The number of halogens is 2. The molecule has 2 N–H and O–H groups in total. The van der Waals surface area contributed by atoms with Crippen LogP contribution in [0.25, 0.3) is 11.0 Å². The van der Waals surface area contributed by atoms with Gasteiger partial charge in [0.25, 0.3) is 0 Å². The first-order chi connectivity index (χ1) is 14.5. The molecule has 1 unspecified atom stereocenters. The van der Waals surface area contributed by atoms with E-state index in [1.807, 2.05) is 49.4 Å². The number of anilines is 2. The molecule has 0 saturated carbocycles. The standard InChI is InChI=1S/C22H25Cl2N5O/c1-15(14-30)25-21-22(27-20-5-3-2-4-19(20)26-21)29-10-8-28(9-11-29)13-16-12-17(23)6-7-18(16)24/h2-7,12,15,30H,8-11,13-14H2,1H3,(H,25,26). The number of rotatable bonds is 6. The molecular formula is C22H25Cl2N5O. The van der Waals surface area contributed by atoms with E-state index in [9.17, 15) is 5.11 Å². The van der Waals surface area contributed by atoms with Gasteiger partial charge in [-0.25, -0.2) is 9.97 Å². The Labute approximate surface area is 186 Å². The van der Waals surface area contributed by atoms with Crippen molar-refractivity contribution in [2.75, 3.05) is 43.0 Å². The van der Waals surface area contributed by atoms with Crippen molar-refractivity contribution >= 4 is 45.9 Å². The average molecular weight is 446 g/mol. The van der Waals surface area contributed by atoms with E-state index in [0.717, 1.165) is 60.2 Å². The summed E-state index contributed by atoms with van der Waals surface area (Å²) < 4.78 is 0. The van der Waals surface area contributed by atoms with Crippen molar-refractivity contribution in [3.8, 4) is 0 Å². The Morgan fingerprint density at radius 2 is 1.73 bits per heavy atom. The number of nitrogens with one attached hydrogen (secondary N) is 1. The maximum Gasteiger partial charge on any atom is 0.172 e. The van der Waals surface area contributed by atoms with Gasteiger partial charge >= 0.3 is 0 Å². The van der Waals surface area contributed by atoms with Gasteiger partial charge in [-0.2, -0.15) is 0 Å². The van der Waals surface area contributed by atoms with E-state index in [4.69, 9.17) is 33.2 Å². The van der Waals surface area contributed by atoms with Crippen molar-refractivity contribution in [1.82, 2.24) is 14.9 Å². The topological polar surface area (TPSA) is 64.5 Å². The van der Waals surface area contributed by atoms with Gasteiger partial charge in [0, 0.05) is 48.8 Å². The molecule has 0 amide bonds. The molecule has 8 heteroatoms. The van der Waals surface area contributed by atoms with Crippen LogP contribution in [0, 0.1) is 0 Å². The summed E-state index contributed by atoms with van der Waals surface area (Å²) in [6, 6.07) is 13.3. The second-order valence-corrected chi connectivity index (χ2v) is 8.46. The van der Waals surface area contributed by atoms with Gasteiger partial charge < -0.3 is 15.3 Å². The van der Waals surface area contributed by atoms with E-state index < -0.39 is 0 Å². The molecule has 1 saturated heterocycles. The van der Waals surface area contributed by atoms with E-state index in [-0.39, 0.29) is 12.6 Å². The summed E-state index contributed by atoms with van der Waals surface area (Å²) in [5, 5.41) is 14.2. The van der Waals surface area contributed by atoms with Crippen LogP contribution in [-0.4, -0.2) is 58.8 Å². The molecule has 2 aromatic carbocycles. The van der Waals surface area contributed by atoms with Crippen molar-refractivity contribution in [2.45, 2.75) is 19.5 Å². The highest BCUT2D eigenvalue weighted by Crippen LogP contribution is 2.28. The maximum atomic E-state index is 9.48. The van der Waals surface area contributed by atoms with Gasteiger partial charge in [-0.15, -0.1) is 0 Å². The lowest BCUT2D eigenvalue weighted by atomic mass is 10.2. The summed E-state index contributed by atoms with van der Waals surface area (Å²) in [5.41, 5.74) is 2.74. The van der Waals surface area contributed by atoms with Crippen molar-refractivity contribution in [1.29, 1.82) is 0 Å². The molecule has 1 fully saturated rings. The molecule has 0 bridgehead atoms. The minimum Gasteiger partial charge on any atom is -0.394 e. The Bertz CT molecular complexity index is 1020. The molecule has 0 aliphatic carbocycles. The molecule has 6 nitrogen and oxygen atoms in total. The minimum atomic E-state index is -0.106. The second-order valence-electron chi connectivity index (χ2n) is 7.61. The van der Waals surface area contributed by atoms with Gasteiger partial charge in [0.05, 0.1) is 17.6 Å². The summed E-state index contributed by atoms with van der Waals surface area (Å²) in [6.45, 7) is 6.14. The predicted molar refractivity (Wildman–Crippen MR) is 124 cm³/mol. The lowest BCUT2D eigenvalue weighted by Gasteiger charge is -2.36. The zero-order chi connectivity index (χ0) is 21.1. The highest BCUT2D eigenvalue weighted by Gasteiger charge is 2.23. The maximum absolute atomic E-state index is 9.48. The predicted octanol–water partition coefficient (Wildman–Crippen LogP) is 4.05. The van der Waals surface area contributed by atoms with Crippen LogP contribution in [-0.2, 0) is 6.54 Å². The lowest BCUT2D eigenvalue weighted by molar-refractivity contribution is 0.249. The van der Waals surface area contributed by atoms with E-state index in [1.54, 1.807) is 0 Å². The van der Waals surface area contributed by atoms with E-state index in [1.165, 1.54) is 0 Å². The molecule has 4 rings (SSSR count). The summed E-state index contributed by atoms with van der Waals surface area (Å²) in [5.74, 6) is 1.54. The zero-order valence-corrected chi connectivity index (χ0v) is 18.4. The molecule has 30 heavy (non-hydrogen) atoms. The summed E-state index contributed by atoms with van der Waals surface area (Å²) in [4.78, 5) is 14.3. The Kier molecular flexibility index (Phi) is 6.58. The number of aliphatic hydroxyl groups is 1. The Hall–Kier alpha value is -2.12. The molecule has 2 heterocycles. The molecule has 3 aromatic rings. The Morgan fingerprint density at radius 3 is 2.43 bits per heavy atom. The summed E-state index contributed by atoms with van der Waals surface area (Å²) in [6.07, 6.45) is 0. The first kappa shape index (κ1) is 21.1. The van der Waals surface area contributed by atoms with Crippen molar-refractivity contribution in [3.63, 3.8) is 0 Å². The summed E-state index contributed by atoms with van der Waals surface area (Å²) >= 11 is 12.5. The monoisotopic (exact) mass is 445 g/mol. The van der Waals surface area contributed by atoms with Crippen LogP contribution in [0.2, 0.25) is 10.0 Å². The molecule has 1 atom stereocenters. The third-order valence-electron chi connectivity index (χ3n) is 5.28. The summed E-state index contributed by atoms with van der Waals surface area (Å²) in [7, 11) is 0. The molecule has 1 aliphatic heterocycles.